The predicted molar refractivity (Wildman–Crippen MR) is 67.0 cm³/mol. The number of aliphatic hydroxyl groups is 1. The van der Waals surface area contributed by atoms with Gasteiger partial charge in [0.2, 0.25) is 0 Å². The largest absolute Gasteiger partial charge is 1.00 e. The number of nitrogens with zero attached hydrogens (tertiary/aromatic N) is 1. The van der Waals surface area contributed by atoms with E-state index in [1.54, 1.807) is 0 Å². The second kappa shape index (κ2) is 8.47. The van der Waals surface area contributed by atoms with Crippen molar-refractivity contribution < 1.29 is 96.1 Å². The minimum atomic E-state index is -5.04. The van der Waals surface area contributed by atoms with Crippen molar-refractivity contribution in [1.29, 1.82) is 0 Å². The van der Waals surface area contributed by atoms with Crippen LogP contribution in [-0.2, 0) is 15.8 Å². The molecule has 24 heavy (non-hydrogen) atoms. The van der Waals surface area contributed by atoms with Crippen molar-refractivity contribution in [1.82, 2.24) is 0 Å². The van der Waals surface area contributed by atoms with Gasteiger partial charge in [-0.15, -0.1) is 0 Å². The molecule has 0 unspecified atom stereocenters. The van der Waals surface area contributed by atoms with E-state index in [4.69, 9.17) is 0 Å². The summed E-state index contributed by atoms with van der Waals surface area (Å²) < 4.78 is 38.3. The van der Waals surface area contributed by atoms with Crippen LogP contribution in [0.1, 0.15) is 18.9 Å². The summed E-state index contributed by atoms with van der Waals surface area (Å²) in [5, 5.41) is 32.5. The quantitative estimate of drug-likeness (QED) is 0.398. The van der Waals surface area contributed by atoms with E-state index in [2.05, 4.69) is 0 Å². The molecular formula is C12H10F3N2O6Rb. The third kappa shape index (κ3) is 6.20. The maximum atomic E-state index is 12.8. The number of carbonyl (C=O) groups excluding carboxylic acids is 2. The van der Waals surface area contributed by atoms with Gasteiger partial charge in [0.25, 0.3) is 11.6 Å². The van der Waals surface area contributed by atoms with Gasteiger partial charge in [0.15, 0.2) is 0 Å². The zero-order valence-corrected chi connectivity index (χ0v) is 17.4. The molecule has 8 nitrogen and oxygen atoms in total. The van der Waals surface area contributed by atoms with Crippen LogP contribution < -0.4 is 68.6 Å². The molecule has 0 saturated carbocycles. The number of aliphatic carboxylic acids is 1. The van der Waals surface area contributed by atoms with Gasteiger partial charge in [-0.1, -0.05) is 0 Å². The molecule has 2 N–H and O–H groups in total. The molecule has 0 aliphatic carbocycles. The number of hydrogen-bond donors (Lipinski definition) is 2. The number of nitrogens with one attached hydrogen (secondary N) is 1. The molecule has 0 aliphatic rings. The summed E-state index contributed by atoms with van der Waals surface area (Å²) in [7, 11) is 0. The monoisotopic (exact) mass is 420 g/mol. The molecule has 0 fully saturated rings. The summed E-state index contributed by atoms with van der Waals surface area (Å²) in [6, 6.07) is 1.66. The summed E-state index contributed by atoms with van der Waals surface area (Å²) >= 11 is 0. The normalized spacial score (nSPS) is 13.4. The first-order valence-electron chi connectivity index (χ1n) is 5.94. The first kappa shape index (κ1) is 23.1. The minimum absolute atomic E-state index is 0. The number of alkyl halides is 3. The number of amides is 1. The van der Waals surface area contributed by atoms with E-state index in [0.29, 0.717) is 12.1 Å². The van der Waals surface area contributed by atoms with Gasteiger partial charge in [-0.25, -0.2) is 0 Å². The van der Waals surface area contributed by atoms with Crippen molar-refractivity contribution in [2.45, 2.75) is 25.1 Å². The van der Waals surface area contributed by atoms with E-state index < -0.39 is 51.9 Å². The summed E-state index contributed by atoms with van der Waals surface area (Å²) in [5.74, 6) is -3.05. The number of hydrogen-bond acceptors (Lipinski definition) is 6. The summed E-state index contributed by atoms with van der Waals surface area (Å²) in [6.45, 7) is 0.828. The van der Waals surface area contributed by atoms with E-state index in [1.165, 1.54) is 0 Å². The zero-order valence-electron chi connectivity index (χ0n) is 12.5. The van der Waals surface area contributed by atoms with Crippen molar-refractivity contribution in [2.24, 2.45) is 0 Å². The Bertz CT molecular complexity index is 663. The maximum Gasteiger partial charge on any atom is 1.00 e. The van der Waals surface area contributed by atoms with Crippen molar-refractivity contribution in [3.63, 3.8) is 0 Å². The van der Waals surface area contributed by atoms with Crippen molar-refractivity contribution in [3.05, 3.63) is 33.9 Å². The second-order valence-electron chi connectivity index (χ2n) is 4.76. The molecule has 1 aromatic carbocycles. The van der Waals surface area contributed by atoms with Gasteiger partial charge in [-0.05, 0) is 19.1 Å². The zero-order chi connectivity index (χ0) is 18.0. The van der Waals surface area contributed by atoms with E-state index in [1.807, 2.05) is 5.32 Å². The van der Waals surface area contributed by atoms with Gasteiger partial charge in [-0.3, -0.25) is 14.9 Å². The maximum absolute atomic E-state index is 12.8. The summed E-state index contributed by atoms with van der Waals surface area (Å²) in [4.78, 5) is 31.4. The fraction of sp³-hybridized carbons (Fsp3) is 0.333. The topological polar surface area (TPSA) is 133 Å². The number of carboxylic acids is 1. The summed E-state index contributed by atoms with van der Waals surface area (Å²) in [5.41, 5.74) is -5.73. The van der Waals surface area contributed by atoms with Crippen LogP contribution in [0.2, 0.25) is 0 Å². The molecule has 1 rings (SSSR count). The van der Waals surface area contributed by atoms with E-state index in [0.717, 1.165) is 13.0 Å². The number of nitro groups is 1. The number of carbonyl (C=O) groups is 2. The SMILES string of the molecule is C[C@](O)(CC(=O)[O-])C(=O)Nc1ccc([N+](=O)[O-])c(C(F)(F)F)c1.[Rb+]. The Morgan fingerprint density at radius 2 is 1.88 bits per heavy atom. The average Bonchev–Trinajstić information content (AvgIpc) is 2.35. The van der Waals surface area contributed by atoms with Crippen LogP contribution in [0.5, 0.6) is 0 Å². The molecule has 0 spiro atoms. The Balaban J connectivity index is 0.00000529. The van der Waals surface area contributed by atoms with E-state index in [9.17, 15) is 43.1 Å². The standard InChI is InChI=1S/C12H11F3N2O6.Rb/c1-11(21,5-9(18)19)10(20)16-6-2-3-8(17(22)23)7(4-6)12(13,14)15;/h2-4,21H,5H2,1H3,(H,16,20)(H,18,19);/q;+1/p-1/t11-;/m0./s1. The smallest absolute Gasteiger partial charge is 0.550 e. The molecule has 1 amide bonds. The van der Waals surface area contributed by atoms with Crippen LogP contribution in [-0.4, -0.2) is 27.5 Å². The van der Waals surface area contributed by atoms with E-state index in [-0.39, 0.29) is 58.2 Å². The molecule has 12 heteroatoms. The Morgan fingerprint density at radius 3 is 2.29 bits per heavy atom. The van der Waals surface area contributed by atoms with Crippen LogP contribution in [0.25, 0.3) is 0 Å². The molecular weight excluding hydrogens is 411 g/mol. The molecule has 0 saturated heterocycles. The Kier molecular flexibility index (Phi) is 8.16. The van der Waals surface area contributed by atoms with Gasteiger partial charge >= 0.3 is 64.4 Å². The fourth-order valence-electron chi connectivity index (χ4n) is 1.63. The average molecular weight is 421 g/mol. The van der Waals surface area contributed by atoms with Gasteiger partial charge in [0.05, 0.1) is 4.92 Å². The molecule has 0 bridgehead atoms. The van der Waals surface area contributed by atoms with E-state index >= 15 is 0 Å². The first-order valence-corrected chi connectivity index (χ1v) is 5.94. The fourth-order valence-corrected chi connectivity index (χ4v) is 1.63. The summed E-state index contributed by atoms with van der Waals surface area (Å²) in [6.07, 6.45) is -6.13. The van der Waals surface area contributed by atoms with Crippen LogP contribution in [0.3, 0.4) is 0 Å². The van der Waals surface area contributed by atoms with Gasteiger partial charge < -0.3 is 20.3 Å². The van der Waals surface area contributed by atoms with Gasteiger partial charge in [0.1, 0.15) is 11.2 Å². The molecule has 1 atom stereocenters. The van der Waals surface area contributed by atoms with Crippen molar-refractivity contribution in [2.75, 3.05) is 5.32 Å². The first-order chi connectivity index (χ1) is 10.3. The second-order valence-corrected chi connectivity index (χ2v) is 4.76. The molecule has 0 radical (unpaired) electrons. The van der Waals surface area contributed by atoms with Crippen LogP contribution in [0.15, 0.2) is 18.2 Å². The third-order valence-corrected chi connectivity index (χ3v) is 2.73. The number of nitro benzene ring substituents is 1. The molecule has 0 aliphatic heterocycles. The van der Waals surface area contributed by atoms with Crippen LogP contribution >= 0.6 is 0 Å². The predicted octanol–water partition coefficient (Wildman–Crippen LogP) is -2.55. The number of halogens is 3. The number of benzene rings is 1. The number of anilines is 1. The van der Waals surface area contributed by atoms with Crippen molar-refractivity contribution >= 4 is 23.3 Å². The molecule has 0 aromatic heterocycles. The van der Waals surface area contributed by atoms with Gasteiger partial charge in [0, 0.05) is 24.1 Å². The van der Waals surface area contributed by atoms with Crippen LogP contribution in [0.4, 0.5) is 24.5 Å². The van der Waals surface area contributed by atoms with Crippen molar-refractivity contribution in [3.8, 4) is 0 Å². The number of rotatable bonds is 5. The van der Waals surface area contributed by atoms with Gasteiger partial charge in [-0.2, -0.15) is 13.2 Å². The Hall–Kier alpha value is -0.885. The Morgan fingerprint density at radius 1 is 1.33 bits per heavy atom. The minimum Gasteiger partial charge on any atom is -0.550 e. The third-order valence-electron chi connectivity index (χ3n) is 2.73. The Labute approximate surface area is 182 Å². The molecule has 126 valence electrons. The number of carboxylic acid groups (broad SMARTS) is 1. The molecule has 1 aromatic rings. The van der Waals surface area contributed by atoms with Crippen LogP contribution in [0, 0.1) is 10.1 Å². The molecule has 0 heterocycles.